The van der Waals surface area contributed by atoms with E-state index in [1.807, 2.05) is 6.20 Å². The van der Waals surface area contributed by atoms with E-state index in [4.69, 9.17) is 11.6 Å². The Kier molecular flexibility index (Phi) is 3.30. The zero-order valence-corrected chi connectivity index (χ0v) is 6.56. The number of rotatable bonds is 4. The number of hydrogen-bond donors (Lipinski definition) is 1. The predicted molar refractivity (Wildman–Crippen MR) is 42.2 cm³/mol. The molecule has 0 radical (unpaired) electrons. The molecule has 0 aromatic carbocycles. The number of H-pyrrole nitrogens is 1. The van der Waals surface area contributed by atoms with Crippen LogP contribution in [0.15, 0.2) is 12.4 Å². The molecular formula is C7H11ClN2. The third-order valence-electron chi connectivity index (χ3n) is 1.35. The minimum absolute atomic E-state index is 0.751. The third-order valence-corrected chi connectivity index (χ3v) is 1.62. The highest BCUT2D eigenvalue weighted by atomic mass is 35.5. The molecule has 0 atom stereocenters. The molecule has 0 bridgehead atoms. The van der Waals surface area contributed by atoms with Crippen LogP contribution >= 0.6 is 11.6 Å². The number of hydrogen-bond acceptors (Lipinski definition) is 1. The van der Waals surface area contributed by atoms with Crippen LogP contribution in [0.1, 0.15) is 18.7 Å². The summed E-state index contributed by atoms with van der Waals surface area (Å²) >= 11 is 5.51. The largest absolute Gasteiger partial charge is 0.349 e. The molecule has 0 aliphatic carbocycles. The van der Waals surface area contributed by atoms with Crippen LogP contribution in [0.2, 0.25) is 0 Å². The number of aryl methyl sites for hydroxylation is 1. The lowest BCUT2D eigenvalue weighted by Gasteiger charge is -1.92. The highest BCUT2D eigenvalue weighted by Gasteiger charge is 1.92. The van der Waals surface area contributed by atoms with Crippen molar-refractivity contribution < 1.29 is 0 Å². The van der Waals surface area contributed by atoms with Crippen molar-refractivity contribution in [3.8, 4) is 0 Å². The van der Waals surface area contributed by atoms with Crippen molar-refractivity contribution in [2.45, 2.75) is 19.3 Å². The summed E-state index contributed by atoms with van der Waals surface area (Å²) in [7, 11) is 0. The van der Waals surface area contributed by atoms with Crippen molar-refractivity contribution in [2.75, 3.05) is 5.88 Å². The van der Waals surface area contributed by atoms with Crippen LogP contribution in [0.25, 0.3) is 0 Å². The molecule has 0 aliphatic heterocycles. The van der Waals surface area contributed by atoms with E-state index in [0.717, 1.165) is 31.0 Å². The minimum Gasteiger partial charge on any atom is -0.349 e. The first kappa shape index (κ1) is 7.61. The minimum atomic E-state index is 0.751. The fourth-order valence-electron chi connectivity index (χ4n) is 0.822. The highest BCUT2D eigenvalue weighted by molar-refractivity contribution is 6.17. The van der Waals surface area contributed by atoms with Crippen LogP contribution in [0.5, 0.6) is 0 Å². The van der Waals surface area contributed by atoms with Crippen molar-refractivity contribution in [2.24, 2.45) is 0 Å². The molecule has 1 rings (SSSR count). The maximum absolute atomic E-state index is 5.51. The summed E-state index contributed by atoms with van der Waals surface area (Å²) in [6.45, 7) is 0. The van der Waals surface area contributed by atoms with Gasteiger partial charge in [0.2, 0.25) is 0 Å². The Hall–Kier alpha value is -0.500. The average Bonchev–Trinajstić information content (AvgIpc) is 2.41. The van der Waals surface area contributed by atoms with Gasteiger partial charge in [-0.2, -0.15) is 0 Å². The molecule has 0 fully saturated rings. The lowest BCUT2D eigenvalue weighted by atomic mass is 10.2. The van der Waals surface area contributed by atoms with Gasteiger partial charge in [-0.15, -0.1) is 11.6 Å². The molecule has 0 unspecified atom stereocenters. The van der Waals surface area contributed by atoms with Gasteiger partial charge in [0.05, 0.1) is 0 Å². The lowest BCUT2D eigenvalue weighted by Crippen LogP contribution is -1.87. The van der Waals surface area contributed by atoms with E-state index in [1.165, 1.54) is 0 Å². The summed E-state index contributed by atoms with van der Waals surface area (Å²) in [6.07, 6.45) is 6.82. The van der Waals surface area contributed by atoms with E-state index in [0.29, 0.717) is 0 Å². The number of aromatic nitrogens is 2. The number of aromatic amines is 1. The van der Waals surface area contributed by atoms with E-state index in [1.54, 1.807) is 6.20 Å². The Bertz CT molecular complexity index is 160. The first-order chi connectivity index (χ1) is 4.93. The van der Waals surface area contributed by atoms with E-state index in [-0.39, 0.29) is 0 Å². The molecule has 56 valence electrons. The molecule has 0 saturated heterocycles. The summed E-state index contributed by atoms with van der Waals surface area (Å²) in [5, 5.41) is 0. The van der Waals surface area contributed by atoms with Crippen molar-refractivity contribution in [3.63, 3.8) is 0 Å². The fraction of sp³-hybridized carbons (Fsp3) is 0.571. The summed E-state index contributed by atoms with van der Waals surface area (Å²) in [5.74, 6) is 1.81. The maximum atomic E-state index is 5.51. The van der Waals surface area contributed by atoms with Crippen LogP contribution in [-0.2, 0) is 6.42 Å². The molecule has 1 heterocycles. The Balaban J connectivity index is 2.15. The molecular weight excluding hydrogens is 148 g/mol. The first-order valence-corrected chi connectivity index (χ1v) is 4.01. The van der Waals surface area contributed by atoms with Gasteiger partial charge in [0.25, 0.3) is 0 Å². The quantitative estimate of drug-likeness (QED) is 0.527. The summed E-state index contributed by atoms with van der Waals surface area (Å²) in [5.41, 5.74) is 0. The van der Waals surface area contributed by atoms with Crippen molar-refractivity contribution >= 4 is 11.6 Å². The van der Waals surface area contributed by atoms with Gasteiger partial charge in [0.1, 0.15) is 5.82 Å². The Morgan fingerprint density at radius 1 is 1.50 bits per heavy atom. The average molecular weight is 159 g/mol. The zero-order chi connectivity index (χ0) is 7.23. The maximum Gasteiger partial charge on any atom is 0.105 e. The molecule has 0 saturated carbocycles. The molecule has 10 heavy (non-hydrogen) atoms. The van der Waals surface area contributed by atoms with E-state index in [2.05, 4.69) is 9.97 Å². The Morgan fingerprint density at radius 2 is 2.40 bits per heavy atom. The Labute approximate surface area is 65.6 Å². The van der Waals surface area contributed by atoms with E-state index < -0.39 is 0 Å². The summed E-state index contributed by atoms with van der Waals surface area (Å²) < 4.78 is 0. The van der Waals surface area contributed by atoms with E-state index in [9.17, 15) is 0 Å². The number of halogens is 1. The second-order valence-corrected chi connectivity index (χ2v) is 2.56. The zero-order valence-electron chi connectivity index (χ0n) is 5.81. The molecule has 0 amide bonds. The van der Waals surface area contributed by atoms with E-state index >= 15 is 0 Å². The molecule has 1 N–H and O–H groups in total. The van der Waals surface area contributed by atoms with Crippen LogP contribution in [-0.4, -0.2) is 15.8 Å². The predicted octanol–water partition coefficient (Wildman–Crippen LogP) is 1.97. The van der Waals surface area contributed by atoms with Crippen LogP contribution < -0.4 is 0 Å². The van der Waals surface area contributed by atoms with Gasteiger partial charge < -0.3 is 4.98 Å². The number of alkyl halides is 1. The second-order valence-electron chi connectivity index (χ2n) is 2.18. The molecule has 2 nitrogen and oxygen atoms in total. The van der Waals surface area contributed by atoms with Gasteiger partial charge in [0, 0.05) is 24.7 Å². The standard InChI is InChI=1S/C7H11ClN2/c8-4-2-1-3-7-9-5-6-10-7/h5-6H,1-4H2,(H,9,10). The molecule has 0 aliphatic rings. The smallest absolute Gasteiger partial charge is 0.105 e. The number of nitrogens with one attached hydrogen (secondary N) is 1. The van der Waals surface area contributed by atoms with Gasteiger partial charge in [-0.3, -0.25) is 0 Å². The van der Waals surface area contributed by atoms with Gasteiger partial charge in [-0.25, -0.2) is 4.98 Å². The lowest BCUT2D eigenvalue weighted by molar-refractivity contribution is 0.766. The number of imidazole rings is 1. The van der Waals surface area contributed by atoms with Crippen molar-refractivity contribution in [1.82, 2.24) is 9.97 Å². The van der Waals surface area contributed by atoms with Gasteiger partial charge in [-0.1, -0.05) is 0 Å². The number of nitrogens with zero attached hydrogens (tertiary/aromatic N) is 1. The fourth-order valence-corrected chi connectivity index (χ4v) is 1.01. The van der Waals surface area contributed by atoms with Crippen molar-refractivity contribution in [3.05, 3.63) is 18.2 Å². The molecule has 1 aromatic heterocycles. The monoisotopic (exact) mass is 158 g/mol. The summed E-state index contributed by atoms with van der Waals surface area (Å²) in [6, 6.07) is 0. The highest BCUT2D eigenvalue weighted by Crippen LogP contribution is 1.98. The van der Waals surface area contributed by atoms with Crippen LogP contribution in [0.4, 0.5) is 0 Å². The Morgan fingerprint density at radius 3 is 3.00 bits per heavy atom. The molecule has 1 aromatic rings. The van der Waals surface area contributed by atoms with Crippen LogP contribution in [0, 0.1) is 0 Å². The molecule has 0 spiro atoms. The van der Waals surface area contributed by atoms with Crippen LogP contribution in [0.3, 0.4) is 0 Å². The second kappa shape index (κ2) is 4.34. The van der Waals surface area contributed by atoms with Gasteiger partial charge in [0.15, 0.2) is 0 Å². The third kappa shape index (κ3) is 2.40. The SMILES string of the molecule is ClCCCCc1ncc[nH]1. The first-order valence-electron chi connectivity index (χ1n) is 3.47. The molecule has 3 heteroatoms. The van der Waals surface area contributed by atoms with Crippen molar-refractivity contribution in [1.29, 1.82) is 0 Å². The summed E-state index contributed by atoms with van der Waals surface area (Å²) in [4.78, 5) is 7.13. The normalized spacial score (nSPS) is 10.1. The van der Waals surface area contributed by atoms with Gasteiger partial charge in [-0.05, 0) is 12.8 Å². The topological polar surface area (TPSA) is 28.7 Å². The van der Waals surface area contributed by atoms with Gasteiger partial charge >= 0.3 is 0 Å². The number of unbranched alkanes of at least 4 members (excludes halogenated alkanes) is 1.